The SMILES string of the molecule is CN1CCN(Cc2ccc(C(=O)OC3=C(C(=O)Nc4ccccn4)N(C)S(=O)(=O)c4ccccc43)cc2)CC1. The Balaban J connectivity index is 1.44. The number of anilines is 1. The van der Waals surface area contributed by atoms with Gasteiger partial charge < -0.3 is 15.0 Å². The molecule has 3 aromatic rings. The van der Waals surface area contributed by atoms with Crippen LogP contribution in [0.25, 0.3) is 5.76 Å². The number of sulfonamides is 1. The van der Waals surface area contributed by atoms with E-state index in [1.807, 2.05) is 12.1 Å². The van der Waals surface area contributed by atoms with E-state index < -0.39 is 21.9 Å². The average Bonchev–Trinajstić information content (AvgIpc) is 2.94. The van der Waals surface area contributed by atoms with E-state index in [0.29, 0.717) is 0 Å². The van der Waals surface area contributed by atoms with Gasteiger partial charge in [0.2, 0.25) is 0 Å². The molecule has 1 aromatic heterocycles. The molecule has 2 aliphatic rings. The van der Waals surface area contributed by atoms with Crippen LogP contribution in [0.2, 0.25) is 0 Å². The summed E-state index contributed by atoms with van der Waals surface area (Å²) in [4.78, 5) is 35.3. The number of hydrogen-bond donors (Lipinski definition) is 1. The van der Waals surface area contributed by atoms with Gasteiger partial charge in [0, 0.05) is 51.5 Å². The van der Waals surface area contributed by atoms with Crippen LogP contribution < -0.4 is 5.32 Å². The first-order valence-corrected chi connectivity index (χ1v) is 13.9. The molecule has 0 bridgehead atoms. The number of piperazine rings is 1. The lowest BCUT2D eigenvalue weighted by Gasteiger charge is -2.32. The summed E-state index contributed by atoms with van der Waals surface area (Å²) < 4.78 is 33.1. The summed E-state index contributed by atoms with van der Waals surface area (Å²) >= 11 is 0. The van der Waals surface area contributed by atoms with Crippen molar-refractivity contribution >= 4 is 33.5 Å². The number of hydrogen-bond acceptors (Lipinski definition) is 8. The molecule has 3 heterocycles. The van der Waals surface area contributed by atoms with Crippen molar-refractivity contribution in [3.8, 4) is 0 Å². The normalized spacial score (nSPS) is 17.4. The summed E-state index contributed by atoms with van der Waals surface area (Å²) in [6.07, 6.45) is 1.49. The quantitative estimate of drug-likeness (QED) is 0.469. The van der Waals surface area contributed by atoms with Crippen molar-refractivity contribution in [1.82, 2.24) is 19.1 Å². The van der Waals surface area contributed by atoms with Crippen molar-refractivity contribution in [2.75, 3.05) is 45.6 Å². The predicted molar refractivity (Wildman–Crippen MR) is 146 cm³/mol. The molecule has 2 aromatic carbocycles. The Morgan fingerprint density at radius 3 is 2.31 bits per heavy atom. The molecule has 1 saturated heterocycles. The smallest absolute Gasteiger partial charge is 0.343 e. The first-order valence-electron chi connectivity index (χ1n) is 12.5. The third kappa shape index (κ3) is 5.56. The number of likely N-dealkylation sites (N-methyl/N-ethyl adjacent to an activating group) is 2. The zero-order valence-corrected chi connectivity index (χ0v) is 22.5. The van der Waals surface area contributed by atoms with E-state index in [2.05, 4.69) is 27.1 Å². The number of aromatic nitrogens is 1. The van der Waals surface area contributed by atoms with Crippen molar-refractivity contribution in [2.24, 2.45) is 0 Å². The van der Waals surface area contributed by atoms with Gasteiger partial charge in [0.1, 0.15) is 5.82 Å². The van der Waals surface area contributed by atoms with E-state index in [1.54, 1.807) is 42.5 Å². The summed E-state index contributed by atoms with van der Waals surface area (Å²) in [5, 5.41) is 2.59. The van der Waals surface area contributed by atoms with Crippen LogP contribution in [0.5, 0.6) is 0 Å². The number of nitrogens with zero attached hydrogens (tertiary/aromatic N) is 4. The van der Waals surface area contributed by atoms with E-state index in [9.17, 15) is 18.0 Å². The van der Waals surface area contributed by atoms with E-state index in [0.717, 1.165) is 42.6 Å². The molecule has 0 unspecified atom stereocenters. The summed E-state index contributed by atoms with van der Waals surface area (Å²) in [6, 6.07) is 18.2. The number of fused-ring (bicyclic) bond motifs is 1. The minimum Gasteiger partial charge on any atom is -0.420 e. The fraction of sp³-hybridized carbons (Fsp3) is 0.250. The summed E-state index contributed by atoms with van der Waals surface area (Å²) in [5.41, 5.74) is 1.16. The van der Waals surface area contributed by atoms with Crippen LogP contribution in [0.3, 0.4) is 0 Å². The molecule has 1 fully saturated rings. The predicted octanol–water partition coefficient (Wildman–Crippen LogP) is 2.63. The number of rotatable bonds is 6. The van der Waals surface area contributed by atoms with Crippen molar-refractivity contribution in [2.45, 2.75) is 11.4 Å². The average molecular weight is 548 g/mol. The molecule has 5 rings (SSSR count). The summed E-state index contributed by atoms with van der Waals surface area (Å²) in [6.45, 7) is 4.77. The first kappa shape index (κ1) is 26.5. The lowest BCUT2D eigenvalue weighted by molar-refractivity contribution is -0.113. The third-order valence-corrected chi connectivity index (χ3v) is 8.62. The Morgan fingerprint density at radius 2 is 1.62 bits per heavy atom. The molecule has 39 heavy (non-hydrogen) atoms. The van der Waals surface area contributed by atoms with Crippen molar-refractivity contribution in [1.29, 1.82) is 0 Å². The highest BCUT2D eigenvalue weighted by Crippen LogP contribution is 2.37. The summed E-state index contributed by atoms with van der Waals surface area (Å²) in [7, 11) is -0.709. The first-order chi connectivity index (χ1) is 18.7. The highest BCUT2D eigenvalue weighted by Gasteiger charge is 2.39. The second kappa shape index (κ2) is 11.0. The lowest BCUT2D eigenvalue weighted by Crippen LogP contribution is -2.43. The molecule has 0 radical (unpaired) electrons. The molecular weight excluding hydrogens is 518 g/mol. The molecule has 0 saturated carbocycles. The van der Waals surface area contributed by atoms with Gasteiger partial charge in [0.25, 0.3) is 15.9 Å². The van der Waals surface area contributed by atoms with Crippen molar-refractivity contribution in [3.63, 3.8) is 0 Å². The van der Waals surface area contributed by atoms with E-state index in [4.69, 9.17) is 4.74 Å². The zero-order valence-electron chi connectivity index (χ0n) is 21.7. The minimum atomic E-state index is -4.07. The molecule has 1 amide bonds. The van der Waals surface area contributed by atoms with Crippen LogP contribution in [0.1, 0.15) is 21.5 Å². The van der Waals surface area contributed by atoms with E-state index >= 15 is 0 Å². The molecule has 10 nitrogen and oxygen atoms in total. The molecule has 0 aliphatic carbocycles. The van der Waals surface area contributed by atoms with Crippen LogP contribution in [0.15, 0.2) is 83.5 Å². The van der Waals surface area contributed by atoms with Gasteiger partial charge in [-0.2, -0.15) is 0 Å². The van der Waals surface area contributed by atoms with Crippen molar-refractivity contribution in [3.05, 3.63) is 95.3 Å². The topological polar surface area (TPSA) is 112 Å². The number of ether oxygens (including phenoxy) is 1. The second-order valence-electron chi connectivity index (χ2n) is 9.48. The monoisotopic (exact) mass is 547 g/mol. The van der Waals surface area contributed by atoms with Gasteiger partial charge in [-0.3, -0.25) is 14.0 Å². The maximum atomic E-state index is 13.3. The van der Waals surface area contributed by atoms with Gasteiger partial charge >= 0.3 is 5.97 Å². The molecule has 0 spiro atoms. The highest BCUT2D eigenvalue weighted by atomic mass is 32.2. The van der Waals surface area contributed by atoms with Gasteiger partial charge in [0.15, 0.2) is 11.5 Å². The van der Waals surface area contributed by atoms with Gasteiger partial charge in [-0.1, -0.05) is 30.3 Å². The van der Waals surface area contributed by atoms with Crippen LogP contribution in [0, 0.1) is 0 Å². The molecule has 1 N–H and O–H groups in total. The molecule has 0 atom stereocenters. The molecular formula is C28H29N5O5S. The second-order valence-corrected chi connectivity index (χ2v) is 11.4. The Kier molecular flexibility index (Phi) is 7.47. The van der Waals surface area contributed by atoms with Gasteiger partial charge in [-0.15, -0.1) is 0 Å². The largest absolute Gasteiger partial charge is 0.420 e. The Hall–Kier alpha value is -4.06. The van der Waals surface area contributed by atoms with Gasteiger partial charge in [0.05, 0.1) is 10.5 Å². The van der Waals surface area contributed by atoms with Crippen LogP contribution >= 0.6 is 0 Å². The molecule has 2 aliphatic heterocycles. The third-order valence-electron chi connectivity index (χ3n) is 6.81. The van der Waals surface area contributed by atoms with Crippen LogP contribution in [-0.4, -0.2) is 79.7 Å². The van der Waals surface area contributed by atoms with Crippen molar-refractivity contribution < 1.29 is 22.7 Å². The van der Waals surface area contributed by atoms with Gasteiger partial charge in [-0.25, -0.2) is 18.2 Å². The maximum absolute atomic E-state index is 13.3. The van der Waals surface area contributed by atoms with Crippen LogP contribution in [0.4, 0.5) is 5.82 Å². The van der Waals surface area contributed by atoms with E-state index in [-0.39, 0.29) is 33.3 Å². The fourth-order valence-electron chi connectivity index (χ4n) is 4.54. The number of nitrogens with one attached hydrogen (secondary N) is 1. The number of esters is 1. The minimum absolute atomic E-state index is 0.0628. The standard InChI is InChI=1S/C28H29N5O5S/c1-31-15-17-33(18-16-31)19-20-10-12-21(13-11-20)28(35)38-26-22-7-3-4-8-23(22)39(36,37)32(2)25(26)27(34)30-24-9-5-6-14-29-24/h3-14H,15-19H2,1-2H3,(H,29,30,34). The number of amides is 1. The summed E-state index contributed by atoms with van der Waals surface area (Å²) in [5.74, 6) is -1.41. The highest BCUT2D eigenvalue weighted by molar-refractivity contribution is 7.89. The lowest BCUT2D eigenvalue weighted by atomic mass is 10.1. The number of carbonyl (C=O) groups is 2. The fourth-order valence-corrected chi connectivity index (χ4v) is 5.93. The van der Waals surface area contributed by atoms with Crippen LogP contribution in [-0.2, 0) is 26.1 Å². The van der Waals surface area contributed by atoms with Gasteiger partial charge in [-0.05, 0) is 49.0 Å². The Bertz CT molecular complexity index is 1520. The number of carbonyl (C=O) groups excluding carboxylic acids is 2. The maximum Gasteiger partial charge on any atom is 0.343 e. The molecule has 11 heteroatoms. The Labute approximate surface area is 227 Å². The van der Waals surface area contributed by atoms with E-state index in [1.165, 1.54) is 25.4 Å². The number of pyridine rings is 1. The zero-order chi connectivity index (χ0) is 27.6. The molecule has 202 valence electrons. The Morgan fingerprint density at radius 1 is 0.923 bits per heavy atom. The number of benzene rings is 2.